The number of imide groups is 1. The fourth-order valence-electron chi connectivity index (χ4n) is 3.28. The Morgan fingerprint density at radius 3 is 1.69 bits per heavy atom. The monoisotopic (exact) mass is 391 g/mol. The van der Waals surface area contributed by atoms with Gasteiger partial charge in [-0.3, -0.25) is 24.1 Å². The molecule has 2 amide bonds. The summed E-state index contributed by atoms with van der Waals surface area (Å²) in [5, 5.41) is 0. The first-order chi connectivity index (χ1) is 14.0. The van der Waals surface area contributed by atoms with E-state index in [1.807, 2.05) is 12.1 Å². The highest BCUT2D eigenvalue weighted by Crippen LogP contribution is 2.36. The van der Waals surface area contributed by atoms with Crippen LogP contribution in [0.5, 0.6) is 0 Å². The number of hydrogen-bond acceptors (Lipinski definition) is 5. The number of benzene rings is 2. The maximum atomic E-state index is 13.2. The summed E-state index contributed by atoms with van der Waals surface area (Å²) < 4.78 is 4.95. The van der Waals surface area contributed by atoms with Crippen molar-refractivity contribution in [2.75, 3.05) is 13.2 Å². The summed E-state index contributed by atoms with van der Waals surface area (Å²) >= 11 is 0. The quantitative estimate of drug-likeness (QED) is 0.412. The lowest BCUT2D eigenvalue weighted by molar-refractivity contribution is -0.152. The first-order valence-corrected chi connectivity index (χ1v) is 9.34. The summed E-state index contributed by atoms with van der Waals surface area (Å²) in [5.74, 6) is -3.48. The van der Waals surface area contributed by atoms with Crippen molar-refractivity contribution in [3.8, 4) is 0 Å². The third kappa shape index (κ3) is 4.01. The summed E-state index contributed by atoms with van der Waals surface area (Å²) in [6.07, 6.45) is 0. The van der Waals surface area contributed by atoms with Crippen molar-refractivity contribution in [3.63, 3.8) is 0 Å². The van der Waals surface area contributed by atoms with Gasteiger partial charge in [0, 0.05) is 6.54 Å². The van der Waals surface area contributed by atoms with Crippen molar-refractivity contribution in [2.24, 2.45) is 5.92 Å². The molecule has 148 valence electrons. The third-order valence-corrected chi connectivity index (χ3v) is 4.72. The highest BCUT2D eigenvalue weighted by atomic mass is 16.5. The molecule has 2 aromatic carbocycles. The van der Waals surface area contributed by atoms with Crippen LogP contribution in [0.4, 0.5) is 0 Å². The predicted molar refractivity (Wildman–Crippen MR) is 107 cm³/mol. The standard InChI is InChI=1S/C23H21NO5/c1-3-29-23(28)18(15(2)25)14-24-21(26)19(16-10-6-4-7-11-16)20(22(24)27)17-12-8-5-9-13-17/h4-13,18H,3,14H2,1-2H3. The molecule has 0 saturated carbocycles. The minimum absolute atomic E-state index is 0.104. The highest BCUT2D eigenvalue weighted by molar-refractivity contribution is 6.49. The van der Waals surface area contributed by atoms with Crippen LogP contribution in [0, 0.1) is 5.92 Å². The molecular weight excluding hydrogens is 370 g/mol. The van der Waals surface area contributed by atoms with Gasteiger partial charge in [-0.05, 0) is 25.0 Å². The molecule has 1 unspecified atom stereocenters. The normalized spacial score (nSPS) is 14.9. The van der Waals surface area contributed by atoms with Crippen LogP contribution in [0.1, 0.15) is 25.0 Å². The molecule has 6 heteroatoms. The van der Waals surface area contributed by atoms with Crippen molar-refractivity contribution in [2.45, 2.75) is 13.8 Å². The van der Waals surface area contributed by atoms with Crippen molar-refractivity contribution in [3.05, 3.63) is 71.8 Å². The number of carbonyl (C=O) groups excluding carboxylic acids is 4. The van der Waals surface area contributed by atoms with Gasteiger partial charge < -0.3 is 4.74 Å². The SMILES string of the molecule is CCOC(=O)C(CN1C(=O)C(c2ccccc2)=C(c2ccccc2)C1=O)C(C)=O. The Kier molecular flexibility index (Phi) is 6.02. The molecule has 0 bridgehead atoms. The Bertz CT molecular complexity index is 917. The molecular formula is C23H21NO5. The molecule has 0 spiro atoms. The van der Waals surface area contributed by atoms with E-state index in [1.165, 1.54) is 6.92 Å². The van der Waals surface area contributed by atoms with Gasteiger partial charge >= 0.3 is 5.97 Å². The zero-order chi connectivity index (χ0) is 21.0. The highest BCUT2D eigenvalue weighted by Gasteiger charge is 2.42. The lowest BCUT2D eigenvalue weighted by atomic mass is 9.96. The van der Waals surface area contributed by atoms with E-state index in [2.05, 4.69) is 0 Å². The molecule has 2 aromatic rings. The fourth-order valence-corrected chi connectivity index (χ4v) is 3.28. The largest absolute Gasteiger partial charge is 0.465 e. The minimum atomic E-state index is -1.21. The van der Waals surface area contributed by atoms with Crippen LogP contribution in [0.2, 0.25) is 0 Å². The van der Waals surface area contributed by atoms with Crippen molar-refractivity contribution in [1.29, 1.82) is 0 Å². The number of carbonyl (C=O) groups is 4. The molecule has 0 aromatic heterocycles. The number of ketones is 1. The molecule has 6 nitrogen and oxygen atoms in total. The van der Waals surface area contributed by atoms with E-state index in [0.717, 1.165) is 4.90 Å². The second kappa shape index (κ2) is 8.65. The molecule has 29 heavy (non-hydrogen) atoms. The maximum Gasteiger partial charge on any atom is 0.318 e. The Morgan fingerprint density at radius 1 is 0.862 bits per heavy atom. The van der Waals surface area contributed by atoms with Crippen LogP contribution in [0.15, 0.2) is 60.7 Å². The second-order valence-corrected chi connectivity index (χ2v) is 6.62. The molecule has 1 atom stereocenters. The zero-order valence-corrected chi connectivity index (χ0v) is 16.3. The summed E-state index contributed by atoms with van der Waals surface area (Å²) in [4.78, 5) is 51.6. The molecule has 0 aliphatic carbocycles. The van der Waals surface area contributed by atoms with E-state index >= 15 is 0 Å². The summed E-state index contributed by atoms with van der Waals surface area (Å²) in [7, 11) is 0. The van der Waals surface area contributed by atoms with E-state index < -0.39 is 29.5 Å². The van der Waals surface area contributed by atoms with Gasteiger partial charge in [0.2, 0.25) is 0 Å². The maximum absolute atomic E-state index is 13.2. The van der Waals surface area contributed by atoms with Crippen LogP contribution in [-0.2, 0) is 23.9 Å². The van der Waals surface area contributed by atoms with Crippen molar-refractivity contribution >= 4 is 34.7 Å². The first-order valence-electron chi connectivity index (χ1n) is 9.34. The fraction of sp³-hybridized carbons (Fsp3) is 0.217. The summed E-state index contributed by atoms with van der Waals surface area (Å²) in [6, 6.07) is 17.8. The van der Waals surface area contributed by atoms with Gasteiger partial charge in [0.25, 0.3) is 11.8 Å². The summed E-state index contributed by atoms with van der Waals surface area (Å²) in [6.45, 7) is 2.63. The Morgan fingerprint density at radius 2 is 1.31 bits per heavy atom. The molecule has 1 aliphatic heterocycles. The number of nitrogens with zero attached hydrogens (tertiary/aromatic N) is 1. The van der Waals surface area contributed by atoms with Crippen LogP contribution < -0.4 is 0 Å². The number of ether oxygens (including phenoxy) is 1. The lowest BCUT2D eigenvalue weighted by Crippen LogP contribution is -2.41. The third-order valence-electron chi connectivity index (χ3n) is 4.72. The smallest absolute Gasteiger partial charge is 0.318 e. The Labute approximate surface area is 168 Å². The minimum Gasteiger partial charge on any atom is -0.465 e. The molecule has 3 rings (SSSR count). The number of Topliss-reactive ketones (excluding diaryl/α,β-unsaturated/α-hetero) is 1. The van der Waals surface area contributed by atoms with Gasteiger partial charge in [-0.2, -0.15) is 0 Å². The van der Waals surface area contributed by atoms with Gasteiger partial charge in [0.05, 0.1) is 17.8 Å². The van der Waals surface area contributed by atoms with Crippen LogP contribution in [0.3, 0.4) is 0 Å². The van der Waals surface area contributed by atoms with E-state index in [-0.39, 0.29) is 24.3 Å². The molecule has 1 aliphatic rings. The van der Waals surface area contributed by atoms with E-state index in [4.69, 9.17) is 4.74 Å². The van der Waals surface area contributed by atoms with E-state index in [1.54, 1.807) is 55.5 Å². The first kappa shape index (κ1) is 20.2. The number of hydrogen-bond donors (Lipinski definition) is 0. The van der Waals surface area contributed by atoms with Crippen LogP contribution in [0.25, 0.3) is 11.1 Å². The predicted octanol–water partition coefficient (Wildman–Crippen LogP) is 2.73. The molecule has 0 fully saturated rings. The zero-order valence-electron chi connectivity index (χ0n) is 16.3. The van der Waals surface area contributed by atoms with Gasteiger partial charge in [-0.25, -0.2) is 0 Å². The van der Waals surface area contributed by atoms with Gasteiger partial charge in [0.15, 0.2) is 0 Å². The number of rotatable bonds is 7. The Hall–Kier alpha value is -3.54. The topological polar surface area (TPSA) is 80.8 Å². The van der Waals surface area contributed by atoms with Crippen molar-refractivity contribution in [1.82, 2.24) is 4.90 Å². The van der Waals surface area contributed by atoms with Gasteiger partial charge in [-0.15, -0.1) is 0 Å². The van der Waals surface area contributed by atoms with Gasteiger partial charge in [0.1, 0.15) is 11.7 Å². The number of esters is 1. The molecule has 0 saturated heterocycles. The Balaban J connectivity index is 2.04. The van der Waals surface area contributed by atoms with Crippen LogP contribution in [-0.4, -0.2) is 41.6 Å². The molecule has 0 radical (unpaired) electrons. The number of amides is 2. The average Bonchev–Trinajstić information content (AvgIpc) is 2.97. The average molecular weight is 391 g/mol. The second-order valence-electron chi connectivity index (χ2n) is 6.62. The molecule has 0 N–H and O–H groups in total. The van der Waals surface area contributed by atoms with E-state index in [9.17, 15) is 19.2 Å². The van der Waals surface area contributed by atoms with E-state index in [0.29, 0.717) is 11.1 Å². The lowest BCUT2D eigenvalue weighted by Gasteiger charge is -2.20. The van der Waals surface area contributed by atoms with Crippen molar-refractivity contribution < 1.29 is 23.9 Å². The summed E-state index contributed by atoms with van der Waals surface area (Å²) in [5.41, 5.74) is 1.71. The van der Waals surface area contributed by atoms with Crippen LogP contribution >= 0.6 is 0 Å². The van der Waals surface area contributed by atoms with Gasteiger partial charge in [-0.1, -0.05) is 60.7 Å². The molecule has 1 heterocycles.